The fraction of sp³-hybridized carbons (Fsp3) is 0.250. The van der Waals surface area contributed by atoms with Gasteiger partial charge in [0.05, 0.1) is 17.6 Å². The van der Waals surface area contributed by atoms with Gasteiger partial charge in [-0.15, -0.1) is 6.42 Å². The summed E-state index contributed by atoms with van der Waals surface area (Å²) < 4.78 is 37.8. The number of terminal acetylenes is 1. The van der Waals surface area contributed by atoms with Crippen molar-refractivity contribution >= 4 is 16.8 Å². The summed E-state index contributed by atoms with van der Waals surface area (Å²) >= 11 is 0. The largest absolute Gasteiger partial charge is 0.406 e. The third-order valence-electron chi connectivity index (χ3n) is 3.03. The number of halogens is 3. The Morgan fingerprint density at radius 2 is 2.05 bits per heavy atom. The van der Waals surface area contributed by atoms with Crippen LogP contribution in [0, 0.1) is 19.3 Å². The van der Waals surface area contributed by atoms with E-state index in [1.54, 1.807) is 31.2 Å². The number of nitrogens with zero attached hydrogens (tertiary/aromatic N) is 2. The van der Waals surface area contributed by atoms with E-state index in [0.717, 1.165) is 0 Å². The molecule has 0 fully saturated rings. The minimum Gasteiger partial charge on any atom is -0.318 e. The summed E-state index contributed by atoms with van der Waals surface area (Å²) in [7, 11) is 0. The highest BCUT2D eigenvalue weighted by Gasteiger charge is 2.33. The highest BCUT2D eigenvalue weighted by atomic mass is 19.4. The van der Waals surface area contributed by atoms with Crippen molar-refractivity contribution in [3.8, 4) is 12.3 Å². The van der Waals surface area contributed by atoms with Gasteiger partial charge in [0.2, 0.25) is 0 Å². The highest BCUT2D eigenvalue weighted by molar-refractivity contribution is 6.05. The summed E-state index contributed by atoms with van der Waals surface area (Å²) in [4.78, 5) is 17.3. The topological polar surface area (TPSA) is 33.2 Å². The summed E-state index contributed by atoms with van der Waals surface area (Å²) in [6, 6.07) is 8.34. The van der Waals surface area contributed by atoms with Crippen molar-refractivity contribution in [2.75, 3.05) is 13.1 Å². The van der Waals surface area contributed by atoms with Crippen LogP contribution in [-0.2, 0) is 0 Å². The minimum absolute atomic E-state index is 0.112. The number of rotatable bonds is 3. The van der Waals surface area contributed by atoms with Gasteiger partial charge in [-0.1, -0.05) is 24.1 Å². The molecule has 0 aliphatic heterocycles. The van der Waals surface area contributed by atoms with Crippen LogP contribution in [0.2, 0.25) is 0 Å². The first-order valence-corrected chi connectivity index (χ1v) is 6.47. The molecule has 1 aromatic heterocycles. The first-order valence-electron chi connectivity index (χ1n) is 6.47. The van der Waals surface area contributed by atoms with Crippen LogP contribution < -0.4 is 0 Å². The fourth-order valence-corrected chi connectivity index (χ4v) is 2.11. The standard InChI is InChI=1S/C16H13F3N2O/c1-3-9-21(10-16(17,18)19)15(22)13-6-4-5-12-8-7-11(2)20-14(12)13/h1,4-8H,9-10H2,2H3. The molecule has 6 heteroatoms. The molecule has 1 heterocycles. The van der Waals surface area contributed by atoms with Crippen molar-refractivity contribution in [1.82, 2.24) is 9.88 Å². The number of amides is 1. The van der Waals surface area contributed by atoms with Gasteiger partial charge in [0.1, 0.15) is 6.54 Å². The molecule has 22 heavy (non-hydrogen) atoms. The number of benzene rings is 1. The Balaban J connectivity index is 2.47. The lowest BCUT2D eigenvalue weighted by Crippen LogP contribution is -2.39. The quantitative estimate of drug-likeness (QED) is 0.816. The fourth-order valence-electron chi connectivity index (χ4n) is 2.11. The van der Waals surface area contributed by atoms with Crippen LogP contribution >= 0.6 is 0 Å². The van der Waals surface area contributed by atoms with Crippen molar-refractivity contribution in [3.63, 3.8) is 0 Å². The lowest BCUT2D eigenvalue weighted by Gasteiger charge is -2.22. The zero-order chi connectivity index (χ0) is 16.3. The molecular formula is C16H13F3N2O. The zero-order valence-corrected chi connectivity index (χ0v) is 11.8. The van der Waals surface area contributed by atoms with Crippen molar-refractivity contribution in [3.05, 3.63) is 41.6 Å². The van der Waals surface area contributed by atoms with Crippen LogP contribution in [0.4, 0.5) is 13.2 Å². The number of alkyl halides is 3. The number of para-hydroxylation sites is 1. The smallest absolute Gasteiger partial charge is 0.318 e. The average Bonchev–Trinajstić information content (AvgIpc) is 2.44. The van der Waals surface area contributed by atoms with Gasteiger partial charge < -0.3 is 4.90 Å². The van der Waals surface area contributed by atoms with Crippen LogP contribution in [0.25, 0.3) is 10.9 Å². The molecule has 114 valence electrons. The Morgan fingerprint density at radius 1 is 1.32 bits per heavy atom. The molecule has 0 atom stereocenters. The molecule has 0 saturated heterocycles. The Hall–Kier alpha value is -2.55. The molecule has 0 radical (unpaired) electrons. The number of carbonyl (C=O) groups excluding carboxylic acids is 1. The van der Waals surface area contributed by atoms with Gasteiger partial charge in [-0.3, -0.25) is 9.78 Å². The van der Waals surface area contributed by atoms with Crippen LogP contribution in [-0.4, -0.2) is 35.1 Å². The van der Waals surface area contributed by atoms with Crippen LogP contribution in [0.5, 0.6) is 0 Å². The van der Waals surface area contributed by atoms with Crippen LogP contribution in [0.1, 0.15) is 16.1 Å². The monoisotopic (exact) mass is 306 g/mol. The molecular weight excluding hydrogens is 293 g/mol. The molecule has 0 saturated carbocycles. The van der Waals surface area contributed by atoms with Crippen molar-refractivity contribution in [2.24, 2.45) is 0 Å². The Labute approximate surface area is 125 Å². The minimum atomic E-state index is -4.51. The zero-order valence-electron chi connectivity index (χ0n) is 11.8. The Kier molecular flexibility index (Phi) is 4.36. The Morgan fingerprint density at radius 3 is 2.68 bits per heavy atom. The first-order chi connectivity index (χ1) is 10.3. The molecule has 0 unspecified atom stereocenters. The maximum Gasteiger partial charge on any atom is 0.406 e. The second kappa shape index (κ2) is 6.06. The van der Waals surface area contributed by atoms with E-state index in [2.05, 4.69) is 10.9 Å². The number of fused-ring (bicyclic) bond motifs is 1. The number of carbonyl (C=O) groups is 1. The summed E-state index contributed by atoms with van der Waals surface area (Å²) in [5.74, 6) is 1.31. The maximum absolute atomic E-state index is 12.6. The molecule has 0 N–H and O–H groups in total. The van der Waals surface area contributed by atoms with E-state index in [4.69, 9.17) is 6.42 Å². The third kappa shape index (κ3) is 3.55. The SMILES string of the molecule is C#CCN(CC(F)(F)F)C(=O)c1cccc2ccc(C)nc12. The lowest BCUT2D eigenvalue weighted by atomic mass is 10.1. The summed E-state index contributed by atoms with van der Waals surface area (Å²) in [5.41, 5.74) is 1.16. The van der Waals surface area contributed by atoms with Crippen molar-refractivity contribution in [1.29, 1.82) is 0 Å². The van der Waals surface area contributed by atoms with E-state index >= 15 is 0 Å². The number of aromatic nitrogens is 1. The molecule has 3 nitrogen and oxygen atoms in total. The van der Waals surface area contributed by atoms with Crippen LogP contribution in [0.3, 0.4) is 0 Å². The van der Waals surface area contributed by atoms with Gasteiger partial charge in [0.25, 0.3) is 5.91 Å². The van der Waals surface area contributed by atoms with Gasteiger partial charge in [0, 0.05) is 11.1 Å². The predicted octanol–water partition coefficient (Wildman–Crippen LogP) is 3.18. The van der Waals surface area contributed by atoms with Gasteiger partial charge in [0.15, 0.2) is 0 Å². The van der Waals surface area contributed by atoms with E-state index in [1.165, 1.54) is 6.07 Å². The normalized spacial score (nSPS) is 11.2. The molecule has 2 rings (SSSR count). The van der Waals surface area contributed by atoms with E-state index in [9.17, 15) is 18.0 Å². The second-order valence-corrected chi connectivity index (χ2v) is 4.81. The number of hydrogen-bond acceptors (Lipinski definition) is 2. The van der Waals surface area contributed by atoms with Gasteiger partial charge in [-0.05, 0) is 19.1 Å². The molecule has 0 bridgehead atoms. The molecule has 0 spiro atoms. The van der Waals surface area contributed by atoms with Gasteiger partial charge >= 0.3 is 6.18 Å². The number of aryl methyl sites for hydroxylation is 1. The number of hydrogen-bond donors (Lipinski definition) is 0. The highest BCUT2D eigenvalue weighted by Crippen LogP contribution is 2.22. The lowest BCUT2D eigenvalue weighted by molar-refractivity contribution is -0.139. The first kappa shape index (κ1) is 15.8. The maximum atomic E-state index is 12.6. The van der Waals surface area contributed by atoms with Gasteiger partial charge in [-0.2, -0.15) is 13.2 Å². The van der Waals surface area contributed by atoms with E-state index in [-0.39, 0.29) is 5.56 Å². The summed E-state index contributed by atoms with van der Waals surface area (Å²) in [6.07, 6.45) is 0.561. The summed E-state index contributed by atoms with van der Waals surface area (Å²) in [6.45, 7) is -0.0611. The van der Waals surface area contributed by atoms with E-state index in [0.29, 0.717) is 21.5 Å². The third-order valence-corrected chi connectivity index (χ3v) is 3.03. The number of pyridine rings is 1. The van der Waals surface area contributed by atoms with E-state index < -0.39 is 25.2 Å². The second-order valence-electron chi connectivity index (χ2n) is 4.81. The molecule has 0 aliphatic carbocycles. The molecule has 2 aromatic rings. The van der Waals surface area contributed by atoms with E-state index in [1.807, 2.05) is 0 Å². The van der Waals surface area contributed by atoms with Crippen molar-refractivity contribution < 1.29 is 18.0 Å². The van der Waals surface area contributed by atoms with Crippen LogP contribution in [0.15, 0.2) is 30.3 Å². The molecule has 0 aliphatic rings. The predicted molar refractivity (Wildman–Crippen MR) is 77.3 cm³/mol. The average molecular weight is 306 g/mol. The summed E-state index contributed by atoms with van der Waals surface area (Å²) in [5, 5.41) is 0.684. The Bertz CT molecular complexity index is 747. The van der Waals surface area contributed by atoms with Gasteiger partial charge in [-0.25, -0.2) is 0 Å². The van der Waals surface area contributed by atoms with Crippen molar-refractivity contribution in [2.45, 2.75) is 13.1 Å². The molecule has 1 amide bonds. The molecule has 1 aromatic carbocycles.